The van der Waals surface area contributed by atoms with E-state index in [1.165, 1.54) is 31.5 Å². The summed E-state index contributed by atoms with van der Waals surface area (Å²) in [5.74, 6) is 0.756. The highest BCUT2D eigenvalue weighted by Gasteiger charge is 2.19. The van der Waals surface area contributed by atoms with E-state index < -0.39 is 0 Å². The number of hydrogen-bond acceptors (Lipinski definition) is 5. The predicted octanol–water partition coefficient (Wildman–Crippen LogP) is 3.67. The first-order valence-corrected chi connectivity index (χ1v) is 8.68. The lowest BCUT2D eigenvalue weighted by Crippen LogP contribution is -2.23. The van der Waals surface area contributed by atoms with Gasteiger partial charge in [0.2, 0.25) is 11.8 Å². The van der Waals surface area contributed by atoms with E-state index in [0.29, 0.717) is 11.9 Å². The first-order valence-electron chi connectivity index (χ1n) is 8.68. The van der Waals surface area contributed by atoms with Crippen LogP contribution in [0.2, 0.25) is 0 Å². The van der Waals surface area contributed by atoms with Crippen LogP contribution in [0.1, 0.15) is 45.2 Å². The van der Waals surface area contributed by atoms with Crippen molar-refractivity contribution >= 4 is 5.95 Å². The first kappa shape index (κ1) is 16.7. The number of rotatable bonds is 5. The summed E-state index contributed by atoms with van der Waals surface area (Å²) < 4.78 is 5.68. The average Bonchev–Trinajstić information content (AvgIpc) is 3.07. The Morgan fingerprint density at radius 3 is 2.54 bits per heavy atom. The molecule has 24 heavy (non-hydrogen) atoms. The van der Waals surface area contributed by atoms with Gasteiger partial charge in [0.15, 0.2) is 0 Å². The largest absolute Gasteiger partial charge is 0.475 e. The Kier molecular flexibility index (Phi) is 5.00. The Morgan fingerprint density at radius 1 is 1.08 bits per heavy atom. The zero-order valence-corrected chi connectivity index (χ0v) is 14.7. The predicted molar refractivity (Wildman–Crippen MR) is 96.9 cm³/mol. The summed E-state index contributed by atoms with van der Waals surface area (Å²) in [7, 11) is 0. The molecule has 0 radical (unpaired) electrons. The molecule has 0 unspecified atom stereocenters. The van der Waals surface area contributed by atoms with Gasteiger partial charge in [0, 0.05) is 17.7 Å². The minimum Gasteiger partial charge on any atom is -0.475 e. The van der Waals surface area contributed by atoms with E-state index >= 15 is 0 Å². The van der Waals surface area contributed by atoms with Crippen LogP contribution in [0.3, 0.4) is 0 Å². The van der Waals surface area contributed by atoms with Crippen LogP contribution in [0.25, 0.3) is 11.3 Å². The van der Waals surface area contributed by atoms with Crippen LogP contribution in [0.5, 0.6) is 5.88 Å². The van der Waals surface area contributed by atoms with Crippen molar-refractivity contribution in [3.8, 4) is 17.1 Å². The van der Waals surface area contributed by atoms with Crippen LogP contribution in [-0.2, 0) is 0 Å². The molecule has 1 aromatic carbocycles. The summed E-state index contributed by atoms with van der Waals surface area (Å²) in [6.45, 7) is 8.56. The van der Waals surface area contributed by atoms with E-state index in [1.54, 1.807) is 0 Å². The molecule has 1 aliphatic rings. The highest BCUT2D eigenvalue weighted by atomic mass is 16.5. The van der Waals surface area contributed by atoms with Gasteiger partial charge in [0.1, 0.15) is 0 Å². The summed E-state index contributed by atoms with van der Waals surface area (Å²) in [4.78, 5) is 11.1. The number of benzene rings is 1. The zero-order valence-electron chi connectivity index (χ0n) is 14.7. The molecule has 0 amide bonds. The summed E-state index contributed by atoms with van der Waals surface area (Å²) in [5, 5.41) is 0. The number of aromatic nitrogens is 2. The molecule has 1 aromatic heterocycles. The van der Waals surface area contributed by atoms with Gasteiger partial charge < -0.3 is 10.5 Å². The quantitative estimate of drug-likeness (QED) is 0.908. The van der Waals surface area contributed by atoms with Crippen LogP contribution in [0, 0.1) is 0 Å². The molecule has 0 bridgehead atoms. The van der Waals surface area contributed by atoms with Crippen LogP contribution in [0.15, 0.2) is 30.3 Å². The molecule has 1 fully saturated rings. The van der Waals surface area contributed by atoms with Gasteiger partial charge in [0.05, 0.1) is 11.8 Å². The number of hydrogen-bond donors (Lipinski definition) is 1. The average molecular weight is 326 g/mol. The van der Waals surface area contributed by atoms with E-state index in [4.69, 9.17) is 10.5 Å². The van der Waals surface area contributed by atoms with Crippen molar-refractivity contribution in [3.05, 3.63) is 35.9 Å². The highest BCUT2D eigenvalue weighted by molar-refractivity contribution is 5.62. The SMILES string of the molecule is CC(C)Oc1cc(-c2cccc([C@@H](C)N3CCCC3)c2)nc(N)n1. The number of anilines is 1. The van der Waals surface area contributed by atoms with Crippen molar-refractivity contribution in [2.75, 3.05) is 18.8 Å². The molecule has 2 N–H and O–H groups in total. The lowest BCUT2D eigenvalue weighted by molar-refractivity contribution is 0.233. The molecule has 2 heterocycles. The number of ether oxygens (including phenoxy) is 1. The van der Waals surface area contributed by atoms with Gasteiger partial charge in [-0.15, -0.1) is 0 Å². The number of nitrogens with zero attached hydrogens (tertiary/aromatic N) is 3. The molecule has 0 aliphatic carbocycles. The molecule has 0 saturated carbocycles. The molecule has 128 valence electrons. The Hall–Kier alpha value is -2.14. The van der Waals surface area contributed by atoms with Crippen LogP contribution < -0.4 is 10.5 Å². The van der Waals surface area contributed by atoms with Crippen molar-refractivity contribution in [3.63, 3.8) is 0 Å². The Morgan fingerprint density at radius 2 is 1.83 bits per heavy atom. The molecular formula is C19H26N4O. The fraction of sp³-hybridized carbons (Fsp3) is 0.474. The van der Waals surface area contributed by atoms with Crippen LogP contribution >= 0.6 is 0 Å². The third-order valence-electron chi connectivity index (χ3n) is 4.43. The van der Waals surface area contributed by atoms with Crippen molar-refractivity contribution in [1.82, 2.24) is 14.9 Å². The molecule has 5 nitrogen and oxygen atoms in total. The highest BCUT2D eigenvalue weighted by Crippen LogP contribution is 2.29. The molecule has 0 spiro atoms. The molecule has 3 rings (SSSR count). The van der Waals surface area contributed by atoms with Gasteiger partial charge in [-0.05, 0) is 58.3 Å². The van der Waals surface area contributed by atoms with E-state index in [1.807, 2.05) is 19.9 Å². The van der Waals surface area contributed by atoms with Gasteiger partial charge in [-0.1, -0.05) is 18.2 Å². The van der Waals surface area contributed by atoms with Crippen molar-refractivity contribution in [2.45, 2.75) is 45.8 Å². The first-order chi connectivity index (χ1) is 11.5. The second-order valence-electron chi connectivity index (χ2n) is 6.66. The smallest absolute Gasteiger partial charge is 0.223 e. The third kappa shape index (κ3) is 3.85. The normalized spacial score (nSPS) is 16.5. The minimum atomic E-state index is 0.0497. The number of nitrogen functional groups attached to an aromatic ring is 1. The summed E-state index contributed by atoms with van der Waals surface area (Å²) >= 11 is 0. The van der Waals surface area contributed by atoms with Crippen molar-refractivity contribution in [1.29, 1.82) is 0 Å². The monoisotopic (exact) mass is 326 g/mol. The van der Waals surface area contributed by atoms with E-state index in [0.717, 1.165) is 11.3 Å². The van der Waals surface area contributed by atoms with Crippen molar-refractivity contribution in [2.24, 2.45) is 0 Å². The van der Waals surface area contributed by atoms with Gasteiger partial charge in [-0.2, -0.15) is 4.98 Å². The fourth-order valence-corrected chi connectivity index (χ4v) is 3.19. The summed E-state index contributed by atoms with van der Waals surface area (Å²) in [6.07, 6.45) is 2.64. The van der Waals surface area contributed by atoms with E-state index in [2.05, 4.69) is 46.1 Å². The standard InChI is InChI=1S/C19H26N4O/c1-13(2)24-18-12-17(21-19(20)22-18)16-8-6-7-15(11-16)14(3)23-9-4-5-10-23/h6-8,11-14H,4-5,9-10H2,1-3H3,(H2,20,21,22)/t14-/m1/s1. The molecule has 1 saturated heterocycles. The zero-order chi connectivity index (χ0) is 17.1. The Bertz CT molecular complexity index is 696. The lowest BCUT2D eigenvalue weighted by Gasteiger charge is -2.24. The number of nitrogens with two attached hydrogens (primary N) is 1. The fourth-order valence-electron chi connectivity index (χ4n) is 3.19. The molecule has 1 atom stereocenters. The topological polar surface area (TPSA) is 64.3 Å². The van der Waals surface area contributed by atoms with Gasteiger partial charge in [-0.3, -0.25) is 4.90 Å². The summed E-state index contributed by atoms with van der Waals surface area (Å²) in [5.41, 5.74) is 9.01. The van der Waals surface area contributed by atoms with Crippen molar-refractivity contribution < 1.29 is 4.74 Å². The number of likely N-dealkylation sites (tertiary alicyclic amines) is 1. The van der Waals surface area contributed by atoms with Gasteiger partial charge in [-0.25, -0.2) is 4.98 Å². The molecule has 5 heteroatoms. The Balaban J connectivity index is 1.89. The maximum Gasteiger partial charge on any atom is 0.223 e. The summed E-state index contributed by atoms with van der Waals surface area (Å²) in [6, 6.07) is 10.8. The molecule has 2 aromatic rings. The maximum atomic E-state index is 5.86. The van der Waals surface area contributed by atoms with Crippen LogP contribution in [-0.4, -0.2) is 34.1 Å². The molecule has 1 aliphatic heterocycles. The second-order valence-corrected chi connectivity index (χ2v) is 6.66. The van der Waals surface area contributed by atoms with E-state index in [-0.39, 0.29) is 12.1 Å². The minimum absolute atomic E-state index is 0.0497. The lowest BCUT2D eigenvalue weighted by atomic mass is 10.0. The van der Waals surface area contributed by atoms with Crippen LogP contribution in [0.4, 0.5) is 5.95 Å². The Labute approximate surface area is 143 Å². The van der Waals surface area contributed by atoms with Gasteiger partial charge in [0.25, 0.3) is 0 Å². The van der Waals surface area contributed by atoms with Gasteiger partial charge >= 0.3 is 0 Å². The molecular weight excluding hydrogens is 300 g/mol. The maximum absolute atomic E-state index is 5.86. The second kappa shape index (κ2) is 7.18. The van der Waals surface area contributed by atoms with E-state index in [9.17, 15) is 0 Å². The third-order valence-corrected chi connectivity index (χ3v) is 4.43.